The van der Waals surface area contributed by atoms with Gasteiger partial charge in [0, 0.05) is 29.9 Å². The molecule has 4 N–H and O–H groups in total. The Bertz CT molecular complexity index is 2210. The van der Waals surface area contributed by atoms with E-state index >= 15 is 0 Å². The van der Waals surface area contributed by atoms with Crippen molar-refractivity contribution in [3.8, 4) is 17.2 Å². The number of H-pyrrole nitrogens is 1. The predicted molar refractivity (Wildman–Crippen MR) is 207 cm³/mol. The molecule has 0 radical (unpaired) electrons. The number of nitrogens with zero attached hydrogens (tertiary/aromatic N) is 2. The van der Waals surface area contributed by atoms with Crippen LogP contribution in [0, 0.1) is 5.92 Å². The highest BCUT2D eigenvalue weighted by atomic mass is 16.5. The SMILES string of the molecule is O=C1CCc2cc(c(O)c3c2CCCO3)Cc2cccc(c2)Cc2cc[nH]c2[N-]CC2=Cc3[n-]ccc3[C@@H](C[C@H](O)CCc3cccc(O)c3)[C@@H]2C(=O)C1. The van der Waals surface area contributed by atoms with Crippen LogP contribution in [0.25, 0.3) is 11.4 Å². The second-order valence-electron chi connectivity index (χ2n) is 15.0. The summed E-state index contributed by atoms with van der Waals surface area (Å²) in [6.07, 6.45) is 9.26. The number of aliphatic hydroxyl groups excluding tert-OH is 1. The van der Waals surface area contributed by atoms with E-state index in [0.29, 0.717) is 50.9 Å². The van der Waals surface area contributed by atoms with E-state index in [2.05, 4.69) is 28.2 Å². The Morgan fingerprint density at radius 1 is 0.889 bits per heavy atom. The summed E-state index contributed by atoms with van der Waals surface area (Å²) in [7, 11) is 0. The quantitative estimate of drug-likeness (QED) is 0.137. The molecule has 1 aliphatic carbocycles. The molecule has 2 aromatic heterocycles. The number of fused-ring (bicyclic) bond motifs is 9. The van der Waals surface area contributed by atoms with Crippen molar-refractivity contribution < 1.29 is 29.6 Å². The van der Waals surface area contributed by atoms with Crippen LogP contribution in [0.3, 0.4) is 0 Å². The summed E-state index contributed by atoms with van der Waals surface area (Å²) in [5, 5.41) is 37.8. The average Bonchev–Trinajstić information content (AvgIpc) is 3.83. The monoisotopic (exact) mass is 723 g/mol. The minimum Gasteiger partial charge on any atom is -0.664 e. The van der Waals surface area contributed by atoms with Crippen molar-refractivity contribution in [2.75, 3.05) is 13.2 Å². The Balaban J connectivity index is 1.13. The van der Waals surface area contributed by atoms with E-state index in [1.807, 2.05) is 42.6 Å². The van der Waals surface area contributed by atoms with Crippen LogP contribution in [0.4, 0.5) is 5.82 Å². The van der Waals surface area contributed by atoms with Gasteiger partial charge >= 0.3 is 0 Å². The van der Waals surface area contributed by atoms with E-state index in [4.69, 9.17) is 10.1 Å². The fourth-order valence-corrected chi connectivity index (χ4v) is 8.61. The maximum atomic E-state index is 14.5. The smallest absolute Gasteiger partial charge is 0.164 e. The molecule has 3 aliphatic rings. The van der Waals surface area contributed by atoms with Crippen LogP contribution in [0.5, 0.6) is 17.2 Å². The zero-order valence-electron chi connectivity index (χ0n) is 30.3. The topological polar surface area (TPSA) is 148 Å². The number of benzene rings is 3. The molecular formula is C45H45N3O6-2. The van der Waals surface area contributed by atoms with Crippen LogP contribution in [-0.4, -0.2) is 51.1 Å². The van der Waals surface area contributed by atoms with Gasteiger partial charge in [-0.3, -0.25) is 9.59 Å². The maximum absolute atomic E-state index is 14.5. The summed E-state index contributed by atoms with van der Waals surface area (Å²) in [5.41, 5.74) is 9.19. The van der Waals surface area contributed by atoms with Crippen molar-refractivity contribution in [3.05, 3.63) is 140 Å². The fraction of sp³-hybridized carbons (Fsp3) is 0.333. The van der Waals surface area contributed by atoms with Crippen molar-refractivity contribution in [1.29, 1.82) is 0 Å². The van der Waals surface area contributed by atoms with Crippen molar-refractivity contribution in [2.45, 2.75) is 76.2 Å². The Labute approximate surface area is 315 Å². The number of phenols is 2. The minimum absolute atomic E-state index is 0.150. The second kappa shape index (κ2) is 15.4. The lowest BCUT2D eigenvalue weighted by atomic mass is 9.71. The Morgan fingerprint density at radius 2 is 1.72 bits per heavy atom. The Morgan fingerprint density at radius 3 is 2.57 bits per heavy atom. The molecule has 0 amide bonds. The molecule has 5 aromatic rings. The highest BCUT2D eigenvalue weighted by Crippen LogP contribution is 2.44. The van der Waals surface area contributed by atoms with Crippen LogP contribution in [0.1, 0.15) is 88.2 Å². The van der Waals surface area contributed by atoms with Crippen molar-refractivity contribution in [2.24, 2.45) is 5.92 Å². The van der Waals surface area contributed by atoms with Gasteiger partial charge in [0.25, 0.3) is 0 Å². The lowest BCUT2D eigenvalue weighted by Gasteiger charge is -2.37. The molecule has 4 bridgehead atoms. The first-order valence-corrected chi connectivity index (χ1v) is 19.0. The first kappa shape index (κ1) is 35.5. The van der Waals surface area contributed by atoms with Gasteiger partial charge in [0.2, 0.25) is 0 Å². The number of ketones is 2. The zero-order chi connectivity index (χ0) is 37.2. The third-order valence-corrected chi connectivity index (χ3v) is 11.2. The number of aromatic hydroxyl groups is 2. The van der Waals surface area contributed by atoms with Crippen LogP contribution < -0.4 is 9.72 Å². The molecule has 0 fully saturated rings. The van der Waals surface area contributed by atoms with Gasteiger partial charge in [0.15, 0.2) is 11.5 Å². The predicted octanol–water partition coefficient (Wildman–Crippen LogP) is 7.55. The fourth-order valence-electron chi connectivity index (χ4n) is 8.61. The normalized spacial score (nSPS) is 19.3. The maximum Gasteiger partial charge on any atom is 0.164 e. The summed E-state index contributed by atoms with van der Waals surface area (Å²) < 4.78 is 6.02. The lowest BCUT2D eigenvalue weighted by Crippen LogP contribution is -2.32. The second-order valence-corrected chi connectivity index (χ2v) is 15.0. The number of phenolic OH excluding ortho intramolecular Hbond substituents is 2. The lowest BCUT2D eigenvalue weighted by molar-refractivity contribution is -0.129. The largest absolute Gasteiger partial charge is 0.664 e. The minimum atomic E-state index is -0.736. The molecule has 0 unspecified atom stereocenters. The standard InChI is InChI=1S/C45H45N3O6/c49-34-7-2-4-27(21-34)9-11-35(50)24-39-38-14-16-46-40(38)23-33-26-48-45-31(13-15-47-45)19-28-5-1-6-29(18-28)20-32-22-30(10-12-36(51)25-41(52)42(33)39)37-8-3-17-54-44(37)43(32)53/h1-2,4-7,13-16,18,21-23,35,39,42,47,49-50,53H,3,8-12,17,19-20,24-26H2/q-2/t35-,39-,42-/m1/s1. The van der Waals surface area contributed by atoms with E-state index in [-0.39, 0.29) is 48.4 Å². The average molecular weight is 724 g/mol. The van der Waals surface area contributed by atoms with Crippen LogP contribution in [-0.2, 0) is 41.7 Å². The highest BCUT2D eigenvalue weighted by Gasteiger charge is 2.36. The molecule has 3 aromatic carbocycles. The van der Waals surface area contributed by atoms with Crippen LogP contribution in [0.15, 0.2) is 84.7 Å². The number of ether oxygens (including phenoxy) is 1. The van der Waals surface area contributed by atoms with Crippen molar-refractivity contribution in [1.82, 2.24) is 9.97 Å². The molecular weight excluding hydrogens is 679 g/mol. The van der Waals surface area contributed by atoms with Crippen molar-refractivity contribution >= 4 is 23.5 Å². The van der Waals surface area contributed by atoms with Gasteiger partial charge in [-0.2, -0.15) is 6.20 Å². The van der Waals surface area contributed by atoms with Gasteiger partial charge in [-0.25, -0.2) is 0 Å². The molecule has 0 saturated heterocycles. The number of hydrogen-bond donors (Lipinski definition) is 4. The molecule has 4 heterocycles. The van der Waals surface area contributed by atoms with Crippen LogP contribution >= 0.6 is 0 Å². The molecule has 2 aliphatic heterocycles. The summed E-state index contributed by atoms with van der Waals surface area (Å²) in [6.45, 7) is 0.761. The molecule has 3 atom stereocenters. The number of hydrogen-bond acceptors (Lipinski definition) is 6. The van der Waals surface area contributed by atoms with E-state index in [0.717, 1.165) is 74.4 Å². The number of aromatic amines is 1. The molecule has 0 saturated carbocycles. The Hall–Kier alpha value is -5.54. The van der Waals surface area contributed by atoms with E-state index < -0.39 is 12.0 Å². The van der Waals surface area contributed by atoms with Crippen molar-refractivity contribution in [3.63, 3.8) is 0 Å². The zero-order valence-corrected chi connectivity index (χ0v) is 30.3. The first-order chi connectivity index (χ1) is 26.3. The summed E-state index contributed by atoms with van der Waals surface area (Å²) in [6, 6.07) is 21.3. The molecule has 54 heavy (non-hydrogen) atoms. The van der Waals surface area contributed by atoms with Gasteiger partial charge in [-0.15, -0.1) is 5.69 Å². The molecule has 9 nitrogen and oxygen atoms in total. The molecule has 9 heteroatoms. The number of rotatable bonds is 5. The summed E-state index contributed by atoms with van der Waals surface area (Å²) in [4.78, 5) is 36.2. The number of carbonyl (C=O) groups excluding carboxylic acids is 2. The van der Waals surface area contributed by atoms with E-state index in [1.54, 1.807) is 24.4 Å². The van der Waals surface area contributed by atoms with Crippen LogP contribution in [0.2, 0.25) is 0 Å². The van der Waals surface area contributed by atoms with E-state index in [9.17, 15) is 24.9 Å². The molecule has 0 spiro atoms. The number of nitrogens with one attached hydrogen (secondary N) is 1. The van der Waals surface area contributed by atoms with Gasteiger partial charge in [-0.1, -0.05) is 83.8 Å². The number of carbonyl (C=O) groups is 2. The third-order valence-electron chi connectivity index (χ3n) is 11.2. The highest BCUT2D eigenvalue weighted by molar-refractivity contribution is 6.02. The number of aliphatic hydroxyl groups is 1. The third kappa shape index (κ3) is 7.59. The number of aromatic nitrogens is 2. The number of Topliss-reactive ketones (excluding diaryl/α,β-unsaturated/α-hetero) is 2. The van der Waals surface area contributed by atoms with Gasteiger partial charge in [-0.05, 0) is 97.4 Å². The van der Waals surface area contributed by atoms with Gasteiger partial charge in [0.05, 0.1) is 19.1 Å². The number of aryl methyl sites for hydroxylation is 2. The van der Waals surface area contributed by atoms with Gasteiger partial charge < -0.3 is 35.3 Å². The Kier molecular flexibility index (Phi) is 10.1. The van der Waals surface area contributed by atoms with E-state index in [1.165, 1.54) is 0 Å². The first-order valence-electron chi connectivity index (χ1n) is 19.0. The molecule has 8 rings (SSSR count). The summed E-state index contributed by atoms with van der Waals surface area (Å²) >= 11 is 0. The summed E-state index contributed by atoms with van der Waals surface area (Å²) in [5.74, 6) is 0.190. The molecule has 278 valence electrons. The van der Waals surface area contributed by atoms with Gasteiger partial charge in [0.1, 0.15) is 17.3 Å².